The van der Waals surface area contributed by atoms with E-state index in [2.05, 4.69) is 22.3 Å². The molecule has 0 aromatic heterocycles. The zero-order chi connectivity index (χ0) is 19.3. The lowest BCUT2D eigenvalue weighted by atomic mass is 10.1. The van der Waals surface area contributed by atoms with Crippen LogP contribution in [0, 0.1) is 11.8 Å². The summed E-state index contributed by atoms with van der Waals surface area (Å²) in [6.45, 7) is 3.95. The normalized spacial score (nSPS) is 21.7. The molecule has 0 radical (unpaired) electrons. The van der Waals surface area contributed by atoms with Gasteiger partial charge in [0.25, 0.3) is 0 Å². The predicted molar refractivity (Wildman–Crippen MR) is 114 cm³/mol. The van der Waals surface area contributed by atoms with Crippen LogP contribution in [0.15, 0.2) is 18.2 Å². The summed E-state index contributed by atoms with van der Waals surface area (Å²) >= 11 is 1.98. The quantitative estimate of drug-likeness (QED) is 0.589. The van der Waals surface area contributed by atoms with Gasteiger partial charge in [0.2, 0.25) is 0 Å². The molecule has 0 bridgehead atoms. The number of methoxy groups -OCH3 is 1. The van der Waals surface area contributed by atoms with Gasteiger partial charge in [0.1, 0.15) is 12.7 Å². The number of ether oxygens (including phenoxy) is 2. The van der Waals surface area contributed by atoms with Crippen molar-refractivity contribution in [3.8, 4) is 11.5 Å². The molecule has 2 aliphatic carbocycles. The van der Waals surface area contributed by atoms with Crippen molar-refractivity contribution in [2.75, 3.05) is 44.9 Å². The van der Waals surface area contributed by atoms with E-state index in [0.717, 1.165) is 48.7 Å². The van der Waals surface area contributed by atoms with Gasteiger partial charge < -0.3 is 19.9 Å². The Morgan fingerprint density at radius 2 is 1.86 bits per heavy atom. The van der Waals surface area contributed by atoms with E-state index >= 15 is 0 Å². The van der Waals surface area contributed by atoms with Crippen molar-refractivity contribution in [3.05, 3.63) is 23.8 Å². The second-order valence-corrected chi connectivity index (χ2v) is 9.67. The molecule has 3 fully saturated rings. The van der Waals surface area contributed by atoms with Gasteiger partial charge in [0, 0.05) is 43.7 Å². The van der Waals surface area contributed by atoms with Crippen LogP contribution in [0.1, 0.15) is 31.2 Å². The highest BCUT2D eigenvalue weighted by Crippen LogP contribution is 2.44. The molecule has 3 aliphatic rings. The topological polar surface area (TPSA) is 54.0 Å². The number of aliphatic hydroxyl groups excluding tert-OH is 1. The maximum atomic E-state index is 10.3. The molecule has 0 amide bonds. The van der Waals surface area contributed by atoms with Crippen LogP contribution in [-0.4, -0.2) is 67.0 Å². The van der Waals surface area contributed by atoms with Crippen LogP contribution in [0.4, 0.5) is 0 Å². The molecular weight excluding hydrogens is 372 g/mol. The Labute approximate surface area is 173 Å². The van der Waals surface area contributed by atoms with E-state index in [-0.39, 0.29) is 0 Å². The lowest BCUT2D eigenvalue weighted by Gasteiger charge is -2.28. The van der Waals surface area contributed by atoms with Gasteiger partial charge >= 0.3 is 0 Å². The van der Waals surface area contributed by atoms with E-state index < -0.39 is 6.10 Å². The maximum Gasteiger partial charge on any atom is 0.161 e. The summed E-state index contributed by atoms with van der Waals surface area (Å²) in [6.07, 6.45) is 5.09. The molecule has 1 aromatic rings. The third-order valence-electron chi connectivity index (χ3n) is 6.03. The zero-order valence-corrected chi connectivity index (χ0v) is 17.8. The molecule has 28 heavy (non-hydrogen) atoms. The molecule has 4 rings (SSSR count). The van der Waals surface area contributed by atoms with E-state index in [1.165, 1.54) is 31.2 Å². The fourth-order valence-electron chi connectivity index (χ4n) is 4.13. The summed E-state index contributed by atoms with van der Waals surface area (Å²) in [5.41, 5.74) is 1.22. The van der Waals surface area contributed by atoms with Crippen LogP contribution >= 0.6 is 11.8 Å². The van der Waals surface area contributed by atoms with Crippen LogP contribution in [0.5, 0.6) is 11.5 Å². The number of nitrogens with zero attached hydrogens (tertiary/aromatic N) is 1. The summed E-state index contributed by atoms with van der Waals surface area (Å²) < 4.78 is 11.4. The highest BCUT2D eigenvalue weighted by molar-refractivity contribution is 7.99. The van der Waals surface area contributed by atoms with Gasteiger partial charge in [-0.1, -0.05) is 6.07 Å². The van der Waals surface area contributed by atoms with E-state index in [1.54, 1.807) is 7.11 Å². The molecule has 2 saturated carbocycles. The first kappa shape index (κ1) is 20.3. The van der Waals surface area contributed by atoms with Crippen LogP contribution in [0.2, 0.25) is 0 Å². The Balaban J connectivity index is 1.26. The minimum Gasteiger partial charge on any atom is -0.493 e. The molecule has 0 unspecified atom stereocenters. The minimum atomic E-state index is -0.480. The number of hydrogen-bond acceptors (Lipinski definition) is 6. The molecule has 156 valence electrons. The summed E-state index contributed by atoms with van der Waals surface area (Å²) in [4.78, 5) is 2.31. The minimum absolute atomic E-state index is 0.295. The monoisotopic (exact) mass is 406 g/mol. The second-order valence-electron chi connectivity index (χ2n) is 8.44. The van der Waals surface area contributed by atoms with Crippen molar-refractivity contribution >= 4 is 11.8 Å². The predicted octanol–water partition coefficient (Wildman–Crippen LogP) is 2.76. The first-order valence-electron chi connectivity index (χ1n) is 10.7. The van der Waals surface area contributed by atoms with Crippen molar-refractivity contribution in [2.45, 2.75) is 44.4 Å². The van der Waals surface area contributed by atoms with Crippen molar-refractivity contribution in [2.24, 2.45) is 11.8 Å². The van der Waals surface area contributed by atoms with Crippen LogP contribution in [0.25, 0.3) is 0 Å². The first-order chi connectivity index (χ1) is 13.7. The Morgan fingerprint density at radius 1 is 1.14 bits per heavy atom. The third-order valence-corrected chi connectivity index (χ3v) is 6.98. The number of hydrogen-bond donors (Lipinski definition) is 2. The lowest BCUT2D eigenvalue weighted by molar-refractivity contribution is 0.0705. The number of aliphatic hydroxyl groups is 1. The molecule has 1 aromatic carbocycles. The Morgan fingerprint density at radius 3 is 2.50 bits per heavy atom. The Bertz CT molecular complexity index is 618. The molecule has 1 atom stereocenters. The van der Waals surface area contributed by atoms with E-state index in [9.17, 15) is 5.11 Å². The molecule has 6 heteroatoms. The van der Waals surface area contributed by atoms with Gasteiger partial charge in [-0.3, -0.25) is 4.90 Å². The average molecular weight is 407 g/mol. The van der Waals surface area contributed by atoms with Crippen LogP contribution in [-0.2, 0) is 6.54 Å². The largest absolute Gasteiger partial charge is 0.493 e. The average Bonchev–Trinajstić information content (AvgIpc) is 3.62. The Kier molecular flexibility index (Phi) is 7.04. The van der Waals surface area contributed by atoms with Gasteiger partial charge in [-0.2, -0.15) is 11.8 Å². The van der Waals surface area contributed by atoms with Gasteiger partial charge in [-0.15, -0.1) is 0 Å². The smallest absolute Gasteiger partial charge is 0.161 e. The third kappa shape index (κ3) is 5.78. The van der Waals surface area contributed by atoms with Gasteiger partial charge in [0.05, 0.1) is 7.11 Å². The summed E-state index contributed by atoms with van der Waals surface area (Å²) in [6, 6.07) is 6.84. The van der Waals surface area contributed by atoms with Crippen molar-refractivity contribution in [1.82, 2.24) is 10.2 Å². The molecule has 1 saturated heterocycles. The van der Waals surface area contributed by atoms with Gasteiger partial charge in [-0.25, -0.2) is 0 Å². The maximum absolute atomic E-state index is 10.3. The van der Waals surface area contributed by atoms with E-state index in [4.69, 9.17) is 9.47 Å². The number of benzene rings is 1. The zero-order valence-electron chi connectivity index (χ0n) is 16.9. The number of rotatable bonds is 11. The number of nitrogens with one attached hydrogen (secondary N) is 1. The SMILES string of the molecule is COc1cc(CNC(C2CC2)C2CC2)ccc1OC[C@H](O)CN1CCSCC1. The molecular formula is C22H34N2O3S. The second kappa shape index (κ2) is 9.70. The molecule has 5 nitrogen and oxygen atoms in total. The summed E-state index contributed by atoms with van der Waals surface area (Å²) in [7, 11) is 1.68. The van der Waals surface area contributed by atoms with Crippen molar-refractivity contribution < 1.29 is 14.6 Å². The van der Waals surface area contributed by atoms with Gasteiger partial charge in [-0.05, 0) is 55.2 Å². The van der Waals surface area contributed by atoms with Crippen LogP contribution < -0.4 is 14.8 Å². The van der Waals surface area contributed by atoms with Gasteiger partial charge in [0.15, 0.2) is 11.5 Å². The van der Waals surface area contributed by atoms with Crippen LogP contribution in [0.3, 0.4) is 0 Å². The highest BCUT2D eigenvalue weighted by atomic mass is 32.2. The lowest BCUT2D eigenvalue weighted by Crippen LogP contribution is -2.40. The number of β-amino-alcohol motifs (C(OH)–C–C–N with tert-alkyl or cyclic N) is 1. The molecule has 1 aliphatic heterocycles. The molecule has 0 spiro atoms. The van der Waals surface area contributed by atoms with Crippen molar-refractivity contribution in [1.29, 1.82) is 0 Å². The molecule has 2 N–H and O–H groups in total. The fourth-order valence-corrected chi connectivity index (χ4v) is 5.11. The van der Waals surface area contributed by atoms with Crippen molar-refractivity contribution in [3.63, 3.8) is 0 Å². The number of thioether (sulfide) groups is 1. The standard InChI is InChI=1S/C22H34N2O3S/c1-26-21-12-16(13-23-22(17-3-4-17)18-5-6-18)2-7-20(21)27-15-19(25)14-24-8-10-28-11-9-24/h2,7,12,17-19,22-23,25H,3-6,8-11,13-15H2,1H3/t19-/m1/s1. The Hall–Kier alpha value is -0.950. The summed E-state index contributed by atoms with van der Waals surface area (Å²) in [5, 5.41) is 14.1. The summed E-state index contributed by atoms with van der Waals surface area (Å²) in [5.74, 6) is 5.56. The van der Waals surface area contributed by atoms with E-state index in [1.807, 2.05) is 17.8 Å². The molecule has 1 heterocycles. The van der Waals surface area contributed by atoms with E-state index in [0.29, 0.717) is 24.9 Å². The highest BCUT2D eigenvalue weighted by Gasteiger charge is 2.40. The fraction of sp³-hybridized carbons (Fsp3) is 0.727. The first-order valence-corrected chi connectivity index (χ1v) is 11.9.